The minimum absolute atomic E-state index is 0.00156. The topological polar surface area (TPSA) is 111 Å². The molecule has 1 rings (SSSR count). The number of rotatable bonds is 4. The molecule has 0 aromatic carbocycles. The van der Waals surface area contributed by atoms with Gasteiger partial charge in [-0.3, -0.25) is 4.79 Å². The van der Waals surface area contributed by atoms with E-state index in [4.69, 9.17) is 14.2 Å². The Bertz CT molecular complexity index is 541. The van der Waals surface area contributed by atoms with E-state index in [2.05, 4.69) is 5.43 Å². The average molecular weight is 358 g/mol. The Morgan fingerprint density at radius 3 is 2.20 bits per heavy atom. The molecule has 9 nitrogen and oxygen atoms in total. The second kappa shape index (κ2) is 8.17. The lowest BCUT2D eigenvalue weighted by atomic mass is 9.95. The number of esters is 1. The van der Waals surface area contributed by atoms with Crippen molar-refractivity contribution in [2.45, 2.75) is 65.0 Å². The number of carbonyl (C=O) groups excluding carboxylic acids is 4. The van der Waals surface area contributed by atoms with Gasteiger partial charge in [-0.25, -0.2) is 19.8 Å². The number of Topliss-reactive ketones (excluding diaryl/α,β-unsaturated/α-hetero) is 1. The summed E-state index contributed by atoms with van der Waals surface area (Å²) in [6.07, 6.45) is -1.53. The maximum Gasteiger partial charge on any atom is 0.430 e. The molecule has 0 spiro atoms. The molecule has 0 heterocycles. The van der Waals surface area contributed by atoms with Gasteiger partial charge >= 0.3 is 18.2 Å². The summed E-state index contributed by atoms with van der Waals surface area (Å²) in [6, 6.07) is 0. The van der Waals surface area contributed by atoms with E-state index < -0.39 is 35.1 Å². The van der Waals surface area contributed by atoms with Crippen LogP contribution in [0.25, 0.3) is 0 Å². The lowest BCUT2D eigenvalue weighted by Gasteiger charge is -2.37. The quantitative estimate of drug-likeness (QED) is 0.354. The van der Waals surface area contributed by atoms with Crippen molar-refractivity contribution >= 4 is 23.9 Å². The summed E-state index contributed by atoms with van der Waals surface area (Å²) >= 11 is 0. The van der Waals surface area contributed by atoms with Gasteiger partial charge in [0.2, 0.25) is 5.54 Å². The van der Waals surface area contributed by atoms with Crippen molar-refractivity contribution in [1.82, 2.24) is 10.4 Å². The van der Waals surface area contributed by atoms with Crippen LogP contribution in [0.2, 0.25) is 0 Å². The molecule has 1 aliphatic rings. The molecule has 0 aliphatic heterocycles. The van der Waals surface area contributed by atoms with Crippen molar-refractivity contribution in [3.8, 4) is 0 Å². The number of hydrazine groups is 1. The normalized spacial score (nSPS) is 20.0. The van der Waals surface area contributed by atoms with E-state index in [0.29, 0.717) is 11.4 Å². The Kier molecular flexibility index (Phi) is 6.78. The lowest BCUT2D eigenvalue weighted by Crippen LogP contribution is -2.67. The van der Waals surface area contributed by atoms with Crippen molar-refractivity contribution in [2.24, 2.45) is 0 Å². The van der Waals surface area contributed by atoms with Crippen LogP contribution >= 0.6 is 0 Å². The Labute approximate surface area is 146 Å². The summed E-state index contributed by atoms with van der Waals surface area (Å²) in [5.74, 6) is -1.43. The molecule has 1 fully saturated rings. The van der Waals surface area contributed by atoms with Crippen molar-refractivity contribution in [1.29, 1.82) is 0 Å². The summed E-state index contributed by atoms with van der Waals surface area (Å²) < 4.78 is 15.0. The van der Waals surface area contributed by atoms with Gasteiger partial charge in [-0.2, -0.15) is 5.01 Å². The minimum Gasteiger partial charge on any atom is -0.458 e. The number of ketones is 1. The van der Waals surface area contributed by atoms with Crippen molar-refractivity contribution in [3.63, 3.8) is 0 Å². The molecule has 0 unspecified atom stereocenters. The third kappa shape index (κ3) is 4.83. The first kappa shape index (κ1) is 20.7. The minimum atomic E-state index is -1.97. The molecule has 9 heteroatoms. The second-order valence-corrected chi connectivity index (χ2v) is 6.51. The number of hydrogen-bond acceptors (Lipinski definition) is 7. The van der Waals surface area contributed by atoms with Crippen LogP contribution in [-0.4, -0.2) is 53.3 Å². The molecule has 1 saturated carbocycles. The van der Waals surface area contributed by atoms with E-state index in [0.717, 1.165) is 0 Å². The smallest absolute Gasteiger partial charge is 0.430 e. The zero-order chi connectivity index (χ0) is 19.3. The van der Waals surface area contributed by atoms with Gasteiger partial charge in [0.05, 0.1) is 13.2 Å². The van der Waals surface area contributed by atoms with Crippen LogP contribution in [0.3, 0.4) is 0 Å². The van der Waals surface area contributed by atoms with E-state index in [1.54, 1.807) is 34.6 Å². The molecule has 142 valence electrons. The van der Waals surface area contributed by atoms with Gasteiger partial charge in [-0.1, -0.05) is 0 Å². The maximum absolute atomic E-state index is 12.8. The van der Waals surface area contributed by atoms with E-state index >= 15 is 0 Å². The van der Waals surface area contributed by atoms with Crippen LogP contribution in [0, 0.1) is 0 Å². The second-order valence-electron chi connectivity index (χ2n) is 6.51. The first-order valence-corrected chi connectivity index (χ1v) is 8.25. The van der Waals surface area contributed by atoms with Gasteiger partial charge in [0, 0.05) is 6.42 Å². The Hall–Kier alpha value is -2.32. The fourth-order valence-electron chi connectivity index (χ4n) is 2.50. The van der Waals surface area contributed by atoms with Gasteiger partial charge in [0.1, 0.15) is 5.60 Å². The molecule has 2 amide bonds. The summed E-state index contributed by atoms with van der Waals surface area (Å²) in [5, 5.41) is 0.609. The third-order valence-electron chi connectivity index (χ3n) is 3.45. The zero-order valence-electron chi connectivity index (χ0n) is 15.3. The van der Waals surface area contributed by atoms with Crippen molar-refractivity contribution in [2.75, 3.05) is 13.2 Å². The van der Waals surface area contributed by atoms with Crippen LogP contribution in [0.5, 0.6) is 0 Å². The van der Waals surface area contributed by atoms with Crippen LogP contribution in [0.1, 0.15) is 53.9 Å². The Morgan fingerprint density at radius 1 is 1.16 bits per heavy atom. The summed E-state index contributed by atoms with van der Waals surface area (Å²) in [5.41, 5.74) is -0.685. The monoisotopic (exact) mass is 358 g/mol. The molecule has 1 N–H and O–H groups in total. The number of nitrogens with zero attached hydrogens (tertiary/aromatic N) is 1. The molecule has 0 aromatic rings. The molecular weight excluding hydrogens is 332 g/mol. The number of amides is 2. The summed E-state index contributed by atoms with van der Waals surface area (Å²) in [6.45, 7) is 8.13. The van der Waals surface area contributed by atoms with Crippen LogP contribution in [0.15, 0.2) is 0 Å². The van der Waals surface area contributed by atoms with E-state index in [9.17, 15) is 19.2 Å². The standard InChI is InChI=1S/C16H26N2O7/c1-6-23-13(21)17-18(14(22)24-7-2)16(10-8-9-11(16)19)12(20)25-15(3,4)5/h6-10H2,1-5H3,(H,17,21)/t16-/m0/s1. The highest BCUT2D eigenvalue weighted by molar-refractivity contribution is 6.12. The zero-order valence-corrected chi connectivity index (χ0v) is 15.3. The lowest BCUT2D eigenvalue weighted by molar-refractivity contribution is -0.172. The van der Waals surface area contributed by atoms with E-state index in [1.807, 2.05) is 0 Å². The van der Waals surface area contributed by atoms with Crippen molar-refractivity contribution < 1.29 is 33.4 Å². The van der Waals surface area contributed by atoms with Gasteiger partial charge in [-0.15, -0.1) is 0 Å². The fourth-order valence-corrected chi connectivity index (χ4v) is 2.50. The highest BCUT2D eigenvalue weighted by Gasteiger charge is 2.58. The predicted molar refractivity (Wildman–Crippen MR) is 86.5 cm³/mol. The molecule has 0 aromatic heterocycles. The van der Waals surface area contributed by atoms with Crippen LogP contribution in [-0.2, 0) is 23.8 Å². The molecule has 0 radical (unpaired) electrons. The average Bonchev–Trinajstić information content (AvgIpc) is 2.86. The molecule has 0 bridgehead atoms. The van der Waals surface area contributed by atoms with Gasteiger partial charge in [-0.05, 0) is 47.5 Å². The maximum atomic E-state index is 12.8. The summed E-state index contributed by atoms with van der Waals surface area (Å²) in [4.78, 5) is 49.6. The molecular formula is C16H26N2O7. The van der Waals surface area contributed by atoms with Gasteiger partial charge < -0.3 is 14.2 Å². The highest BCUT2D eigenvalue weighted by atomic mass is 16.6. The largest absolute Gasteiger partial charge is 0.458 e. The van der Waals surface area contributed by atoms with E-state index in [-0.39, 0.29) is 26.1 Å². The predicted octanol–water partition coefficient (Wildman–Crippen LogP) is 1.94. The molecule has 1 aliphatic carbocycles. The fraction of sp³-hybridized carbons (Fsp3) is 0.750. The number of nitrogens with one attached hydrogen (secondary N) is 1. The summed E-state index contributed by atoms with van der Waals surface area (Å²) in [7, 11) is 0. The molecule has 25 heavy (non-hydrogen) atoms. The highest BCUT2D eigenvalue weighted by Crippen LogP contribution is 2.34. The van der Waals surface area contributed by atoms with E-state index in [1.165, 1.54) is 0 Å². The number of hydrogen-bond donors (Lipinski definition) is 1. The molecule has 1 atom stereocenters. The van der Waals surface area contributed by atoms with Gasteiger partial charge in [0.15, 0.2) is 5.78 Å². The van der Waals surface area contributed by atoms with Crippen LogP contribution in [0.4, 0.5) is 9.59 Å². The Balaban J connectivity index is 3.29. The number of ether oxygens (including phenoxy) is 3. The number of carbonyl (C=O) groups is 4. The molecule has 0 saturated heterocycles. The van der Waals surface area contributed by atoms with Crippen molar-refractivity contribution in [3.05, 3.63) is 0 Å². The SMILES string of the molecule is CCOC(=O)NN(C(=O)OCC)[C@@]1(C(=O)OC(C)(C)C)CCCC1=O. The van der Waals surface area contributed by atoms with Crippen LogP contribution < -0.4 is 5.43 Å². The first-order chi connectivity index (χ1) is 11.6. The third-order valence-corrected chi connectivity index (χ3v) is 3.45. The van der Waals surface area contributed by atoms with Gasteiger partial charge in [0.25, 0.3) is 0 Å². The Morgan fingerprint density at radius 2 is 1.76 bits per heavy atom. The first-order valence-electron chi connectivity index (χ1n) is 8.25.